The second kappa shape index (κ2) is 8.24. The maximum Gasteiger partial charge on any atom is 0.240 e. The molecule has 3 N–H and O–H groups in total. The molecule has 0 heterocycles. The van der Waals surface area contributed by atoms with Crippen LogP contribution in [0, 0.1) is 5.92 Å². The van der Waals surface area contributed by atoms with Crippen LogP contribution >= 0.6 is 0 Å². The van der Waals surface area contributed by atoms with Gasteiger partial charge in [-0.05, 0) is 43.1 Å². The van der Waals surface area contributed by atoms with Crippen LogP contribution in [0.15, 0.2) is 29.2 Å². The lowest BCUT2D eigenvalue weighted by Gasteiger charge is -2.11. The van der Waals surface area contributed by atoms with Gasteiger partial charge in [-0.3, -0.25) is 0 Å². The van der Waals surface area contributed by atoms with Crippen LogP contribution in [0.25, 0.3) is 0 Å². The van der Waals surface area contributed by atoms with Crippen molar-refractivity contribution in [3.8, 4) is 5.75 Å². The van der Waals surface area contributed by atoms with Crippen molar-refractivity contribution in [1.82, 2.24) is 4.72 Å². The van der Waals surface area contributed by atoms with Gasteiger partial charge in [-0.25, -0.2) is 13.1 Å². The van der Waals surface area contributed by atoms with Gasteiger partial charge in [0.05, 0.1) is 11.5 Å². The van der Waals surface area contributed by atoms with Gasteiger partial charge in [-0.2, -0.15) is 0 Å². The fourth-order valence-corrected chi connectivity index (χ4v) is 2.63. The monoisotopic (exact) mass is 300 g/mol. The van der Waals surface area contributed by atoms with Crippen molar-refractivity contribution in [2.45, 2.75) is 31.6 Å². The fraction of sp³-hybridized carbons (Fsp3) is 0.571. The Morgan fingerprint density at radius 3 is 2.50 bits per heavy atom. The maximum atomic E-state index is 12.1. The minimum absolute atomic E-state index is 0.256. The first-order valence-electron chi connectivity index (χ1n) is 6.92. The standard InChI is InChI=1S/C14H24N2O3S/c1-3-12(2)11-16-20(17,18)14-7-5-13(6-8-14)19-10-4-9-15/h5-8,12,16H,3-4,9-11,15H2,1-2H3. The summed E-state index contributed by atoms with van der Waals surface area (Å²) < 4.78 is 32.2. The predicted molar refractivity (Wildman–Crippen MR) is 80.3 cm³/mol. The molecule has 0 bridgehead atoms. The van der Waals surface area contributed by atoms with Crippen molar-refractivity contribution >= 4 is 10.0 Å². The maximum absolute atomic E-state index is 12.1. The summed E-state index contributed by atoms with van der Waals surface area (Å²) in [7, 11) is -3.43. The zero-order chi connectivity index (χ0) is 15.0. The summed E-state index contributed by atoms with van der Waals surface area (Å²) >= 11 is 0. The molecule has 1 aromatic rings. The Kier molecular flexibility index (Phi) is 6.98. The smallest absolute Gasteiger partial charge is 0.240 e. The second-order valence-corrected chi connectivity index (χ2v) is 6.59. The number of benzene rings is 1. The van der Waals surface area contributed by atoms with E-state index in [1.165, 1.54) is 0 Å². The van der Waals surface area contributed by atoms with Crippen molar-refractivity contribution in [3.05, 3.63) is 24.3 Å². The summed E-state index contributed by atoms with van der Waals surface area (Å²) in [5.41, 5.74) is 5.38. The highest BCUT2D eigenvalue weighted by molar-refractivity contribution is 7.89. The number of nitrogens with one attached hydrogen (secondary N) is 1. The molecule has 0 radical (unpaired) electrons. The van der Waals surface area contributed by atoms with E-state index < -0.39 is 10.0 Å². The van der Waals surface area contributed by atoms with Crippen LogP contribution in [0.3, 0.4) is 0 Å². The molecule has 1 rings (SSSR count). The molecular weight excluding hydrogens is 276 g/mol. The Morgan fingerprint density at radius 2 is 1.95 bits per heavy atom. The quantitative estimate of drug-likeness (QED) is 0.681. The molecule has 1 aromatic carbocycles. The van der Waals surface area contributed by atoms with Crippen molar-refractivity contribution in [2.24, 2.45) is 11.7 Å². The van der Waals surface area contributed by atoms with Gasteiger partial charge in [-0.1, -0.05) is 20.3 Å². The topological polar surface area (TPSA) is 81.4 Å². The summed E-state index contributed by atoms with van der Waals surface area (Å²) in [5, 5.41) is 0. The second-order valence-electron chi connectivity index (χ2n) is 4.83. The van der Waals surface area contributed by atoms with E-state index in [2.05, 4.69) is 4.72 Å². The summed E-state index contributed by atoms with van der Waals surface area (Å²) in [6.07, 6.45) is 1.72. The molecule has 6 heteroatoms. The molecule has 0 aliphatic heterocycles. The van der Waals surface area contributed by atoms with E-state index in [0.717, 1.165) is 12.8 Å². The molecule has 0 spiro atoms. The highest BCUT2D eigenvalue weighted by Crippen LogP contribution is 2.16. The molecule has 1 unspecified atom stereocenters. The van der Waals surface area contributed by atoms with Crippen molar-refractivity contribution in [3.63, 3.8) is 0 Å². The van der Waals surface area contributed by atoms with Crippen molar-refractivity contribution in [1.29, 1.82) is 0 Å². The van der Waals surface area contributed by atoms with E-state index in [9.17, 15) is 8.42 Å². The normalized spacial score (nSPS) is 13.2. The lowest BCUT2D eigenvalue weighted by atomic mass is 10.1. The van der Waals surface area contributed by atoms with Crippen LogP contribution < -0.4 is 15.2 Å². The Bertz CT molecular complexity index is 486. The Balaban J connectivity index is 2.62. The molecule has 1 atom stereocenters. The first-order chi connectivity index (χ1) is 9.49. The van der Waals surface area contributed by atoms with Gasteiger partial charge in [-0.15, -0.1) is 0 Å². The molecule has 0 amide bonds. The van der Waals surface area contributed by atoms with Gasteiger partial charge >= 0.3 is 0 Å². The van der Waals surface area contributed by atoms with E-state index in [1.54, 1.807) is 24.3 Å². The molecule has 5 nitrogen and oxygen atoms in total. The van der Waals surface area contributed by atoms with Crippen LogP contribution in [0.2, 0.25) is 0 Å². The first kappa shape index (κ1) is 16.9. The van der Waals surface area contributed by atoms with Gasteiger partial charge in [0.15, 0.2) is 0 Å². The van der Waals surface area contributed by atoms with Gasteiger partial charge < -0.3 is 10.5 Å². The van der Waals surface area contributed by atoms with Gasteiger partial charge in [0.25, 0.3) is 0 Å². The zero-order valence-corrected chi connectivity index (χ0v) is 12.9. The number of nitrogens with two attached hydrogens (primary N) is 1. The summed E-state index contributed by atoms with van der Waals surface area (Å²) in [6, 6.07) is 6.43. The molecule has 0 aliphatic rings. The lowest BCUT2D eigenvalue weighted by Crippen LogP contribution is -2.28. The van der Waals surface area contributed by atoms with Gasteiger partial charge in [0, 0.05) is 6.54 Å². The fourth-order valence-electron chi connectivity index (χ4n) is 1.47. The van der Waals surface area contributed by atoms with E-state index in [4.69, 9.17) is 10.5 Å². The van der Waals surface area contributed by atoms with Crippen LogP contribution in [0.1, 0.15) is 26.7 Å². The highest BCUT2D eigenvalue weighted by atomic mass is 32.2. The van der Waals surface area contributed by atoms with E-state index in [0.29, 0.717) is 31.4 Å². The van der Waals surface area contributed by atoms with Crippen LogP contribution in [0.4, 0.5) is 0 Å². The highest BCUT2D eigenvalue weighted by Gasteiger charge is 2.14. The molecule has 0 saturated carbocycles. The van der Waals surface area contributed by atoms with Crippen LogP contribution in [-0.2, 0) is 10.0 Å². The third-order valence-corrected chi connectivity index (χ3v) is 4.51. The number of hydrogen-bond donors (Lipinski definition) is 2. The molecule has 20 heavy (non-hydrogen) atoms. The molecular formula is C14H24N2O3S. The number of ether oxygens (including phenoxy) is 1. The summed E-state index contributed by atoms with van der Waals surface area (Å²) in [4.78, 5) is 0.256. The van der Waals surface area contributed by atoms with E-state index in [1.807, 2.05) is 13.8 Å². The predicted octanol–water partition coefficient (Wildman–Crippen LogP) is 1.74. The Hall–Kier alpha value is -1.11. The SMILES string of the molecule is CCC(C)CNS(=O)(=O)c1ccc(OCCCN)cc1. The van der Waals surface area contributed by atoms with E-state index in [-0.39, 0.29) is 4.90 Å². The Morgan fingerprint density at radius 1 is 1.30 bits per heavy atom. The molecule has 0 saturated heterocycles. The number of rotatable bonds is 9. The average Bonchev–Trinajstić information content (AvgIpc) is 2.45. The molecule has 114 valence electrons. The first-order valence-corrected chi connectivity index (χ1v) is 8.40. The minimum atomic E-state index is -3.43. The number of sulfonamides is 1. The third-order valence-electron chi connectivity index (χ3n) is 3.07. The van der Waals surface area contributed by atoms with Crippen LogP contribution in [0.5, 0.6) is 5.75 Å². The lowest BCUT2D eigenvalue weighted by molar-refractivity contribution is 0.313. The van der Waals surface area contributed by atoms with Gasteiger partial charge in [0.2, 0.25) is 10.0 Å². The zero-order valence-electron chi connectivity index (χ0n) is 12.1. The number of hydrogen-bond acceptors (Lipinski definition) is 4. The van der Waals surface area contributed by atoms with Crippen molar-refractivity contribution < 1.29 is 13.2 Å². The van der Waals surface area contributed by atoms with Gasteiger partial charge in [0.1, 0.15) is 5.75 Å². The minimum Gasteiger partial charge on any atom is -0.494 e. The van der Waals surface area contributed by atoms with Crippen molar-refractivity contribution in [2.75, 3.05) is 19.7 Å². The molecule has 0 fully saturated rings. The Labute approximate surface area is 121 Å². The molecule has 0 aliphatic carbocycles. The largest absolute Gasteiger partial charge is 0.494 e. The summed E-state index contributed by atoms with van der Waals surface area (Å²) in [6.45, 7) is 5.61. The van der Waals surface area contributed by atoms with E-state index >= 15 is 0 Å². The molecule has 0 aromatic heterocycles. The summed E-state index contributed by atoms with van der Waals surface area (Å²) in [5.74, 6) is 0.975. The average molecular weight is 300 g/mol. The van der Waals surface area contributed by atoms with Crippen LogP contribution in [-0.4, -0.2) is 28.1 Å². The third kappa shape index (κ3) is 5.48.